The van der Waals surface area contributed by atoms with Crippen LogP contribution in [0.15, 0.2) is 95.6 Å². The summed E-state index contributed by atoms with van der Waals surface area (Å²) in [5, 5.41) is 11.6. The van der Waals surface area contributed by atoms with Gasteiger partial charge in [0.2, 0.25) is 11.1 Å². The number of benzene rings is 2. The van der Waals surface area contributed by atoms with Crippen molar-refractivity contribution in [2.24, 2.45) is 0 Å². The van der Waals surface area contributed by atoms with E-state index in [4.69, 9.17) is 14.8 Å². The minimum atomic E-state index is -0.530. The van der Waals surface area contributed by atoms with Crippen LogP contribution in [-0.2, 0) is 10.5 Å². The first kappa shape index (κ1) is 22.7. The molecule has 0 fully saturated rings. The molecule has 5 rings (SSSR count). The average Bonchev–Trinajstić information content (AvgIpc) is 3.30. The molecule has 0 saturated heterocycles. The van der Waals surface area contributed by atoms with Crippen molar-refractivity contribution in [3.8, 4) is 5.75 Å². The number of rotatable bonds is 7. The first-order valence-electron chi connectivity index (χ1n) is 11.1. The van der Waals surface area contributed by atoms with Crippen molar-refractivity contribution < 1.29 is 9.53 Å². The molecule has 2 N–H and O–H groups in total. The van der Waals surface area contributed by atoms with Gasteiger partial charge in [-0.3, -0.25) is 9.78 Å². The van der Waals surface area contributed by atoms with Crippen LogP contribution < -0.4 is 15.4 Å². The number of thioether (sulfide) groups is 1. The molecule has 0 saturated carbocycles. The quantitative estimate of drug-likeness (QED) is 0.360. The smallest absolute Gasteiger partial charge is 0.255 e. The minimum absolute atomic E-state index is 0.251. The number of hydrogen-bond donors (Lipinski definition) is 2. The zero-order valence-corrected chi connectivity index (χ0v) is 20.1. The van der Waals surface area contributed by atoms with Crippen LogP contribution >= 0.6 is 11.8 Å². The van der Waals surface area contributed by atoms with Crippen LogP contribution in [0, 0.1) is 0 Å². The molecule has 1 aliphatic rings. The first-order valence-corrected chi connectivity index (χ1v) is 12.1. The Balaban J connectivity index is 1.53. The number of nitrogens with one attached hydrogen (secondary N) is 2. The van der Waals surface area contributed by atoms with Crippen molar-refractivity contribution >= 4 is 29.3 Å². The van der Waals surface area contributed by atoms with E-state index in [-0.39, 0.29) is 5.91 Å². The molecule has 1 atom stereocenters. The predicted molar refractivity (Wildman–Crippen MR) is 136 cm³/mol. The molecular weight excluding hydrogens is 460 g/mol. The molecule has 35 heavy (non-hydrogen) atoms. The SMILES string of the molecule is COc1ccccc1[C@@H]1C(C(=O)Nc2cccnc2)=C(C)Nc2nc(SCc3ccccc3)nn21. The number of carbonyl (C=O) groups excluding carboxylic acids is 1. The van der Waals surface area contributed by atoms with Crippen LogP contribution in [0.4, 0.5) is 11.6 Å². The van der Waals surface area contributed by atoms with Gasteiger partial charge in [0.05, 0.1) is 24.6 Å². The first-order chi connectivity index (χ1) is 17.1. The fourth-order valence-corrected chi connectivity index (χ4v) is 4.81. The molecular formula is C26H24N6O2S. The molecule has 1 amide bonds. The van der Waals surface area contributed by atoms with E-state index >= 15 is 0 Å². The van der Waals surface area contributed by atoms with Crippen LogP contribution in [0.5, 0.6) is 5.75 Å². The van der Waals surface area contributed by atoms with Gasteiger partial charge < -0.3 is 15.4 Å². The number of carbonyl (C=O) groups is 1. The number of hydrogen-bond acceptors (Lipinski definition) is 7. The second-order valence-electron chi connectivity index (χ2n) is 7.94. The van der Waals surface area contributed by atoms with Gasteiger partial charge in [0, 0.05) is 23.2 Å². The molecule has 0 radical (unpaired) electrons. The summed E-state index contributed by atoms with van der Waals surface area (Å²) in [6.45, 7) is 1.87. The summed E-state index contributed by atoms with van der Waals surface area (Å²) in [5.41, 5.74) is 3.83. The maximum Gasteiger partial charge on any atom is 0.255 e. The van der Waals surface area contributed by atoms with Crippen molar-refractivity contribution in [3.05, 3.63) is 102 Å². The molecule has 2 aromatic heterocycles. The van der Waals surface area contributed by atoms with Gasteiger partial charge in [-0.1, -0.05) is 60.3 Å². The number of pyridine rings is 1. The lowest BCUT2D eigenvalue weighted by atomic mass is 9.94. The minimum Gasteiger partial charge on any atom is -0.496 e. The van der Waals surface area contributed by atoms with Crippen molar-refractivity contribution in [3.63, 3.8) is 0 Å². The summed E-state index contributed by atoms with van der Waals surface area (Å²) in [6, 6.07) is 20.9. The van der Waals surface area contributed by atoms with E-state index in [1.54, 1.807) is 48.1 Å². The summed E-state index contributed by atoms with van der Waals surface area (Å²) in [4.78, 5) is 22.4. The summed E-state index contributed by atoms with van der Waals surface area (Å²) < 4.78 is 7.42. The Morgan fingerprint density at radius 1 is 1.11 bits per heavy atom. The molecule has 8 nitrogen and oxygen atoms in total. The van der Waals surface area contributed by atoms with E-state index in [9.17, 15) is 4.79 Å². The highest BCUT2D eigenvalue weighted by Gasteiger charge is 2.36. The number of allylic oxidation sites excluding steroid dienone is 1. The fraction of sp³-hybridized carbons (Fsp3) is 0.154. The van der Waals surface area contributed by atoms with Crippen molar-refractivity contribution in [2.75, 3.05) is 17.7 Å². The third-order valence-electron chi connectivity index (χ3n) is 5.64. The third-order valence-corrected chi connectivity index (χ3v) is 6.55. The molecule has 9 heteroatoms. The highest BCUT2D eigenvalue weighted by Crippen LogP contribution is 2.40. The Labute approximate surface area is 207 Å². The Morgan fingerprint density at radius 3 is 2.69 bits per heavy atom. The van der Waals surface area contributed by atoms with Gasteiger partial charge >= 0.3 is 0 Å². The molecule has 0 bridgehead atoms. The van der Waals surface area contributed by atoms with Crippen LogP contribution in [0.3, 0.4) is 0 Å². The van der Waals surface area contributed by atoms with Gasteiger partial charge in [-0.15, -0.1) is 5.10 Å². The molecule has 0 spiro atoms. The largest absolute Gasteiger partial charge is 0.496 e. The Hall–Kier alpha value is -4.11. The Morgan fingerprint density at radius 2 is 1.91 bits per heavy atom. The lowest BCUT2D eigenvalue weighted by Gasteiger charge is -2.29. The Bertz CT molecular complexity index is 1370. The highest BCUT2D eigenvalue weighted by atomic mass is 32.2. The molecule has 0 unspecified atom stereocenters. The van der Waals surface area contributed by atoms with E-state index in [1.807, 2.05) is 49.4 Å². The highest BCUT2D eigenvalue weighted by molar-refractivity contribution is 7.98. The normalized spacial score (nSPS) is 14.7. The average molecular weight is 485 g/mol. The number of nitrogens with zero attached hydrogens (tertiary/aromatic N) is 4. The standard InChI is InChI=1S/C26H24N6O2S/c1-17-22(24(33)29-19-11-8-14-27-15-19)23(20-12-6-7-13-21(20)34-2)32-25(28-17)30-26(31-32)35-16-18-9-4-3-5-10-18/h3-15,23H,16H2,1-2H3,(H,29,33)(H,28,30,31)/t23-/m1/s1. The molecule has 4 aromatic rings. The van der Waals surface area contributed by atoms with Crippen molar-refractivity contribution in [2.45, 2.75) is 23.9 Å². The van der Waals surface area contributed by atoms with Crippen LogP contribution in [0.1, 0.15) is 24.1 Å². The summed E-state index contributed by atoms with van der Waals surface area (Å²) in [5.74, 6) is 1.73. The summed E-state index contributed by atoms with van der Waals surface area (Å²) in [6.07, 6.45) is 3.28. The van der Waals surface area contributed by atoms with E-state index in [0.29, 0.717) is 33.8 Å². The Kier molecular flexibility index (Phi) is 6.49. The van der Waals surface area contributed by atoms with Crippen LogP contribution in [0.2, 0.25) is 0 Å². The van der Waals surface area contributed by atoms with E-state index in [0.717, 1.165) is 11.3 Å². The molecule has 2 aromatic carbocycles. The molecule has 0 aliphatic carbocycles. The molecule has 176 valence electrons. The maximum absolute atomic E-state index is 13.5. The summed E-state index contributed by atoms with van der Waals surface area (Å²) in [7, 11) is 1.62. The second-order valence-corrected chi connectivity index (χ2v) is 8.88. The van der Waals surface area contributed by atoms with Crippen molar-refractivity contribution in [1.82, 2.24) is 19.7 Å². The predicted octanol–water partition coefficient (Wildman–Crippen LogP) is 4.90. The number of methoxy groups -OCH3 is 1. The number of ether oxygens (including phenoxy) is 1. The molecule has 3 heterocycles. The lowest BCUT2D eigenvalue weighted by Crippen LogP contribution is -2.31. The maximum atomic E-state index is 13.5. The number of amides is 1. The number of anilines is 2. The number of fused-ring (bicyclic) bond motifs is 1. The lowest BCUT2D eigenvalue weighted by molar-refractivity contribution is -0.113. The van der Waals surface area contributed by atoms with E-state index < -0.39 is 6.04 Å². The van der Waals surface area contributed by atoms with Gasteiger partial charge in [-0.25, -0.2) is 4.68 Å². The van der Waals surface area contributed by atoms with E-state index in [2.05, 4.69) is 27.8 Å². The molecule has 1 aliphatic heterocycles. The fourth-order valence-electron chi connectivity index (χ4n) is 4.02. The van der Waals surface area contributed by atoms with E-state index in [1.165, 1.54) is 5.56 Å². The third kappa shape index (κ3) is 4.76. The zero-order chi connectivity index (χ0) is 24.2. The van der Waals surface area contributed by atoms with Gasteiger partial charge in [0.1, 0.15) is 11.8 Å². The summed E-state index contributed by atoms with van der Waals surface area (Å²) >= 11 is 1.55. The number of aromatic nitrogens is 4. The van der Waals surface area contributed by atoms with Gasteiger partial charge in [0.15, 0.2) is 0 Å². The second kappa shape index (κ2) is 10.0. The van der Waals surface area contributed by atoms with Gasteiger partial charge in [-0.05, 0) is 30.7 Å². The van der Waals surface area contributed by atoms with Crippen LogP contribution in [-0.4, -0.2) is 32.8 Å². The number of para-hydroxylation sites is 1. The topological polar surface area (TPSA) is 94.0 Å². The monoisotopic (exact) mass is 484 g/mol. The van der Waals surface area contributed by atoms with Crippen molar-refractivity contribution in [1.29, 1.82) is 0 Å². The zero-order valence-electron chi connectivity index (χ0n) is 19.3. The van der Waals surface area contributed by atoms with Gasteiger partial charge in [-0.2, -0.15) is 4.98 Å². The van der Waals surface area contributed by atoms with Crippen LogP contribution in [0.25, 0.3) is 0 Å². The van der Waals surface area contributed by atoms with Gasteiger partial charge in [0.25, 0.3) is 5.91 Å².